The van der Waals surface area contributed by atoms with Crippen molar-refractivity contribution in [3.63, 3.8) is 0 Å². The number of carbonyl (C=O) groups excluding carboxylic acids is 4. The van der Waals surface area contributed by atoms with E-state index in [-0.39, 0.29) is 30.4 Å². The zero-order valence-corrected chi connectivity index (χ0v) is 35.1. The Bertz CT molecular complexity index is 2550. The Kier molecular flexibility index (Phi) is 12.3. The van der Waals surface area contributed by atoms with Gasteiger partial charge in [0.2, 0.25) is 5.91 Å². The van der Waals surface area contributed by atoms with E-state index in [2.05, 4.69) is 74.1 Å². The standard InChI is InChI=1S/C47H50N8O7/c1-28(2)40(52-46(58)60-3)44(56)55-21-22-62-27-39(55)43-49-25-36(50-43)30-14-12-29(13-15-30)32-16-17-34-24-35(19-18-33(34)23-32)37-26-48-42(51-37)38-11-8-20-54(38)45(57)41(53-47(59)61-4)31-9-6-5-7-10-31/h5-7,9-10,12-19,23-26,28,38-41H,8,11,20-22,27H2,1-4H3,(H,48,51)(H,49,50)(H,52,58)(H,53,59)/t38-,39-,40-,41+/m0/s1. The van der Waals surface area contributed by atoms with Gasteiger partial charge in [0, 0.05) is 18.7 Å². The molecule has 0 aliphatic carbocycles. The van der Waals surface area contributed by atoms with Gasteiger partial charge in [-0.1, -0.05) is 92.7 Å². The molecule has 2 aromatic heterocycles. The van der Waals surface area contributed by atoms with E-state index in [1.165, 1.54) is 14.2 Å². The van der Waals surface area contributed by atoms with E-state index in [0.29, 0.717) is 36.9 Å². The highest BCUT2D eigenvalue weighted by atomic mass is 16.5. The molecule has 4 amide bonds. The van der Waals surface area contributed by atoms with Crippen molar-refractivity contribution in [3.8, 4) is 33.6 Å². The van der Waals surface area contributed by atoms with Crippen molar-refractivity contribution in [2.75, 3.05) is 40.5 Å². The van der Waals surface area contributed by atoms with Gasteiger partial charge in [0.1, 0.15) is 29.8 Å². The maximum absolute atomic E-state index is 13.9. The van der Waals surface area contributed by atoms with Crippen LogP contribution >= 0.6 is 0 Å². The fourth-order valence-corrected chi connectivity index (χ4v) is 8.30. The molecule has 320 valence electrons. The van der Waals surface area contributed by atoms with Gasteiger partial charge < -0.3 is 44.6 Å². The second-order valence-corrected chi connectivity index (χ2v) is 15.9. The molecule has 0 saturated carbocycles. The van der Waals surface area contributed by atoms with E-state index in [4.69, 9.17) is 19.2 Å². The molecule has 4 heterocycles. The van der Waals surface area contributed by atoms with Crippen molar-refractivity contribution < 1.29 is 33.4 Å². The summed E-state index contributed by atoms with van der Waals surface area (Å²) in [6.45, 7) is 5.35. The van der Waals surface area contributed by atoms with Crippen LogP contribution in [0.4, 0.5) is 9.59 Å². The number of nitrogens with zero attached hydrogens (tertiary/aromatic N) is 4. The number of amides is 4. The number of rotatable bonds is 11. The molecule has 2 aliphatic rings. The second-order valence-electron chi connectivity index (χ2n) is 15.9. The lowest BCUT2D eigenvalue weighted by Gasteiger charge is -2.37. The molecule has 2 fully saturated rings. The molecule has 0 bridgehead atoms. The summed E-state index contributed by atoms with van der Waals surface area (Å²) in [6, 6.07) is 27.8. The maximum Gasteiger partial charge on any atom is 0.407 e. The number of imidazole rings is 2. The Hall–Kier alpha value is -7.00. The minimum Gasteiger partial charge on any atom is -0.453 e. The topological polar surface area (TPSA) is 184 Å². The zero-order valence-electron chi connectivity index (χ0n) is 35.1. The van der Waals surface area contributed by atoms with Crippen molar-refractivity contribution >= 4 is 34.8 Å². The molecule has 0 spiro atoms. The minimum absolute atomic E-state index is 0.151. The number of carbonyl (C=O) groups is 4. The molecule has 2 aliphatic heterocycles. The van der Waals surface area contributed by atoms with Crippen LogP contribution in [-0.2, 0) is 23.8 Å². The van der Waals surface area contributed by atoms with Crippen LogP contribution in [0.1, 0.15) is 62.0 Å². The number of fused-ring (bicyclic) bond motifs is 1. The van der Waals surface area contributed by atoms with Crippen LogP contribution in [0.2, 0.25) is 0 Å². The van der Waals surface area contributed by atoms with Crippen molar-refractivity contribution in [2.24, 2.45) is 5.92 Å². The number of aromatic nitrogens is 4. The number of likely N-dealkylation sites (tertiary alicyclic amines) is 1. The fourth-order valence-electron chi connectivity index (χ4n) is 8.30. The molecular weight excluding hydrogens is 789 g/mol. The average molecular weight is 839 g/mol. The highest BCUT2D eigenvalue weighted by Crippen LogP contribution is 2.35. The summed E-state index contributed by atoms with van der Waals surface area (Å²) in [5, 5.41) is 7.55. The van der Waals surface area contributed by atoms with Crippen molar-refractivity contribution in [3.05, 3.63) is 121 Å². The molecule has 4 aromatic carbocycles. The van der Waals surface area contributed by atoms with Crippen LogP contribution in [0.15, 0.2) is 103 Å². The number of hydrogen-bond donors (Lipinski definition) is 4. The van der Waals surface area contributed by atoms with Crippen LogP contribution in [0.3, 0.4) is 0 Å². The maximum atomic E-state index is 13.9. The average Bonchev–Trinajstić information content (AvgIpc) is 4.12. The van der Waals surface area contributed by atoms with Gasteiger partial charge in [-0.15, -0.1) is 0 Å². The van der Waals surface area contributed by atoms with Gasteiger partial charge in [-0.3, -0.25) is 9.59 Å². The van der Waals surface area contributed by atoms with E-state index in [0.717, 1.165) is 57.3 Å². The molecule has 6 aromatic rings. The normalized spacial score (nSPS) is 17.4. The van der Waals surface area contributed by atoms with E-state index in [9.17, 15) is 19.2 Å². The quantitative estimate of drug-likeness (QED) is 0.104. The summed E-state index contributed by atoms with van der Waals surface area (Å²) in [5.74, 6) is 0.728. The highest BCUT2D eigenvalue weighted by Gasteiger charge is 2.38. The Morgan fingerprint density at radius 3 is 1.95 bits per heavy atom. The molecule has 4 atom stereocenters. The molecule has 4 N–H and O–H groups in total. The smallest absolute Gasteiger partial charge is 0.407 e. The number of ether oxygens (including phenoxy) is 3. The third-order valence-electron chi connectivity index (χ3n) is 11.7. The number of benzene rings is 4. The van der Waals surface area contributed by atoms with Crippen molar-refractivity contribution in [1.82, 2.24) is 40.4 Å². The summed E-state index contributed by atoms with van der Waals surface area (Å²) < 4.78 is 15.4. The van der Waals surface area contributed by atoms with Gasteiger partial charge in [-0.25, -0.2) is 19.6 Å². The first kappa shape index (κ1) is 41.7. The Morgan fingerprint density at radius 2 is 1.27 bits per heavy atom. The van der Waals surface area contributed by atoms with Crippen LogP contribution in [-0.4, -0.2) is 100 Å². The van der Waals surface area contributed by atoms with Crippen molar-refractivity contribution in [2.45, 2.75) is 50.9 Å². The minimum atomic E-state index is -0.885. The van der Waals surface area contributed by atoms with Crippen molar-refractivity contribution in [1.29, 1.82) is 0 Å². The fraction of sp³-hybridized carbons (Fsp3) is 0.319. The molecule has 15 heteroatoms. The molecule has 62 heavy (non-hydrogen) atoms. The van der Waals surface area contributed by atoms with E-state index in [1.807, 2.05) is 62.5 Å². The Morgan fingerprint density at radius 1 is 0.694 bits per heavy atom. The van der Waals surface area contributed by atoms with Gasteiger partial charge in [0.05, 0.1) is 57.3 Å². The molecule has 8 rings (SSSR count). The Labute approximate surface area is 359 Å². The van der Waals surface area contributed by atoms with Crippen LogP contribution in [0.25, 0.3) is 44.4 Å². The second kappa shape index (κ2) is 18.3. The lowest BCUT2D eigenvalue weighted by molar-refractivity contribution is -0.143. The summed E-state index contributed by atoms with van der Waals surface area (Å²) >= 11 is 0. The molecule has 0 radical (unpaired) electrons. The lowest BCUT2D eigenvalue weighted by Crippen LogP contribution is -2.54. The van der Waals surface area contributed by atoms with E-state index >= 15 is 0 Å². The van der Waals surface area contributed by atoms with Crippen LogP contribution in [0, 0.1) is 5.92 Å². The summed E-state index contributed by atoms with van der Waals surface area (Å²) in [5.41, 5.74) is 6.38. The van der Waals surface area contributed by atoms with Gasteiger partial charge >= 0.3 is 12.2 Å². The van der Waals surface area contributed by atoms with Crippen LogP contribution in [0.5, 0.6) is 0 Å². The van der Waals surface area contributed by atoms with E-state index in [1.54, 1.807) is 16.0 Å². The number of methoxy groups -OCH3 is 2. The number of hydrogen-bond acceptors (Lipinski definition) is 9. The van der Waals surface area contributed by atoms with Gasteiger partial charge in [-0.2, -0.15) is 0 Å². The van der Waals surface area contributed by atoms with Gasteiger partial charge in [-0.05, 0) is 63.9 Å². The monoisotopic (exact) mass is 838 g/mol. The highest BCUT2D eigenvalue weighted by molar-refractivity contribution is 5.91. The first-order valence-electron chi connectivity index (χ1n) is 20.8. The summed E-state index contributed by atoms with van der Waals surface area (Å²) in [7, 11) is 2.56. The summed E-state index contributed by atoms with van der Waals surface area (Å²) in [6.07, 6.45) is 3.81. The number of morpholine rings is 1. The first-order valence-corrected chi connectivity index (χ1v) is 20.8. The third kappa shape index (κ3) is 8.75. The Balaban J connectivity index is 0.949. The molecule has 2 saturated heterocycles. The number of aromatic amines is 2. The van der Waals surface area contributed by atoms with Gasteiger partial charge in [0.15, 0.2) is 0 Å². The number of nitrogens with one attached hydrogen (secondary N) is 4. The van der Waals surface area contributed by atoms with Gasteiger partial charge in [0.25, 0.3) is 5.91 Å². The molecule has 15 nitrogen and oxygen atoms in total. The zero-order chi connectivity index (χ0) is 43.3. The van der Waals surface area contributed by atoms with E-state index < -0.39 is 30.3 Å². The SMILES string of the molecule is COC(=O)N[C@H](C(=O)N1CCOC[C@H]1c1ncc(-c2ccc(-c3ccc4cc(-c5cnc([C@@H]6CCCN6C(=O)[C@H](NC(=O)OC)c6ccccc6)[nH]5)ccc4c3)cc2)[nH]1)C(C)C. The largest absolute Gasteiger partial charge is 0.453 e. The number of alkyl carbamates (subject to hydrolysis) is 2. The third-order valence-corrected chi connectivity index (χ3v) is 11.7. The number of H-pyrrole nitrogens is 2. The van der Waals surface area contributed by atoms with Crippen LogP contribution < -0.4 is 10.6 Å². The predicted octanol–water partition coefficient (Wildman–Crippen LogP) is 7.33. The first-order chi connectivity index (χ1) is 30.1. The predicted molar refractivity (Wildman–Crippen MR) is 232 cm³/mol. The summed E-state index contributed by atoms with van der Waals surface area (Å²) in [4.78, 5) is 71.7. The molecular formula is C47H50N8O7. The molecule has 0 unspecified atom stereocenters. The lowest BCUT2D eigenvalue weighted by atomic mass is 9.98.